The van der Waals surface area contributed by atoms with Crippen molar-refractivity contribution in [3.8, 4) is 0 Å². The molecule has 2 rings (SSSR count). The number of carbonyl (C=O) groups is 1. The maximum atomic E-state index is 12.0. The van der Waals surface area contributed by atoms with Crippen molar-refractivity contribution in [1.29, 1.82) is 0 Å². The average molecular weight is 313 g/mol. The molecule has 0 aliphatic heterocycles. The van der Waals surface area contributed by atoms with E-state index >= 15 is 0 Å². The third kappa shape index (κ3) is 4.41. The highest BCUT2D eigenvalue weighted by Crippen LogP contribution is 2.22. The zero-order valence-electron chi connectivity index (χ0n) is 11.5. The molecule has 1 aliphatic carbocycles. The summed E-state index contributed by atoms with van der Waals surface area (Å²) >= 11 is 5.90. The molecular weight excluding hydrogens is 296 g/mol. The van der Waals surface area contributed by atoms with Crippen molar-refractivity contribution in [2.24, 2.45) is 0 Å². The van der Waals surface area contributed by atoms with Gasteiger partial charge in [-0.15, -0.1) is 0 Å². The number of ether oxygens (including phenoxy) is 1. The number of hydrogen-bond acceptors (Lipinski definition) is 4. The van der Waals surface area contributed by atoms with Crippen LogP contribution in [0.15, 0.2) is 18.2 Å². The first-order chi connectivity index (χ1) is 10.1. The van der Waals surface area contributed by atoms with Gasteiger partial charge in [-0.25, -0.2) is 0 Å². The second-order valence-corrected chi connectivity index (χ2v) is 5.36. The van der Waals surface area contributed by atoms with Crippen molar-refractivity contribution in [2.75, 3.05) is 13.2 Å². The van der Waals surface area contributed by atoms with Gasteiger partial charge in [-0.1, -0.05) is 24.4 Å². The lowest BCUT2D eigenvalue weighted by Gasteiger charge is -2.11. The van der Waals surface area contributed by atoms with Gasteiger partial charge in [0.05, 0.1) is 28.2 Å². The first-order valence-corrected chi connectivity index (χ1v) is 7.29. The largest absolute Gasteiger partial charge is 0.376 e. The van der Waals surface area contributed by atoms with Gasteiger partial charge in [0.25, 0.3) is 11.6 Å². The zero-order valence-corrected chi connectivity index (χ0v) is 12.3. The van der Waals surface area contributed by atoms with Crippen molar-refractivity contribution < 1.29 is 14.5 Å². The molecule has 1 N–H and O–H groups in total. The van der Waals surface area contributed by atoms with Crippen LogP contribution in [0.2, 0.25) is 5.02 Å². The third-order valence-corrected chi connectivity index (χ3v) is 3.78. The number of nitrogens with zero attached hydrogens (tertiary/aromatic N) is 1. The van der Waals surface area contributed by atoms with Crippen molar-refractivity contribution in [3.63, 3.8) is 0 Å². The molecule has 0 unspecified atom stereocenters. The van der Waals surface area contributed by atoms with E-state index in [1.165, 1.54) is 31.0 Å². The van der Waals surface area contributed by atoms with Gasteiger partial charge in [0.1, 0.15) is 0 Å². The maximum Gasteiger partial charge on any atom is 0.270 e. The van der Waals surface area contributed by atoms with Crippen LogP contribution < -0.4 is 5.32 Å². The Kier molecular flexibility index (Phi) is 5.52. The quantitative estimate of drug-likeness (QED) is 0.497. The van der Waals surface area contributed by atoms with Gasteiger partial charge >= 0.3 is 0 Å². The normalized spacial score (nSPS) is 15.1. The van der Waals surface area contributed by atoms with Crippen LogP contribution in [0, 0.1) is 10.1 Å². The van der Waals surface area contributed by atoms with Crippen LogP contribution in [0.25, 0.3) is 0 Å². The van der Waals surface area contributed by atoms with Crippen molar-refractivity contribution in [1.82, 2.24) is 5.32 Å². The predicted octanol–water partition coefficient (Wildman–Crippen LogP) is 2.94. The van der Waals surface area contributed by atoms with E-state index in [1.807, 2.05) is 0 Å². The van der Waals surface area contributed by atoms with Crippen molar-refractivity contribution in [2.45, 2.75) is 31.8 Å². The lowest BCUT2D eigenvalue weighted by molar-refractivity contribution is -0.384. The minimum absolute atomic E-state index is 0.103. The van der Waals surface area contributed by atoms with Crippen molar-refractivity contribution >= 4 is 23.2 Å². The molecule has 1 aromatic carbocycles. The fraction of sp³-hybridized carbons (Fsp3) is 0.500. The number of carbonyl (C=O) groups excluding carboxylic acids is 1. The lowest BCUT2D eigenvalue weighted by Crippen LogP contribution is -2.28. The topological polar surface area (TPSA) is 81.5 Å². The molecule has 0 saturated heterocycles. The van der Waals surface area contributed by atoms with E-state index in [1.54, 1.807) is 0 Å². The molecular formula is C14H17ClN2O4. The number of hydrogen-bond donors (Lipinski definition) is 1. The van der Waals surface area contributed by atoms with E-state index in [-0.39, 0.29) is 16.3 Å². The van der Waals surface area contributed by atoms with Gasteiger partial charge < -0.3 is 10.1 Å². The minimum Gasteiger partial charge on any atom is -0.376 e. The molecule has 0 atom stereocenters. The van der Waals surface area contributed by atoms with Crippen LogP contribution in [-0.2, 0) is 4.74 Å². The maximum absolute atomic E-state index is 12.0. The monoisotopic (exact) mass is 312 g/mol. The molecule has 0 spiro atoms. The van der Waals surface area contributed by atoms with E-state index < -0.39 is 10.8 Å². The SMILES string of the molecule is O=C(NCCOC1CCCC1)c1cc([N+](=O)[O-])ccc1Cl. The lowest BCUT2D eigenvalue weighted by atomic mass is 10.2. The second-order valence-electron chi connectivity index (χ2n) is 4.95. The molecule has 114 valence electrons. The Balaban J connectivity index is 1.84. The molecule has 21 heavy (non-hydrogen) atoms. The molecule has 1 fully saturated rings. The molecule has 6 nitrogen and oxygen atoms in total. The fourth-order valence-corrected chi connectivity index (χ4v) is 2.54. The number of nitro groups is 1. The number of rotatable bonds is 6. The van der Waals surface area contributed by atoms with Crippen LogP contribution in [0.3, 0.4) is 0 Å². The first-order valence-electron chi connectivity index (χ1n) is 6.91. The highest BCUT2D eigenvalue weighted by molar-refractivity contribution is 6.33. The Morgan fingerprint density at radius 1 is 1.43 bits per heavy atom. The van der Waals surface area contributed by atoms with Crippen LogP contribution in [0.1, 0.15) is 36.0 Å². The zero-order chi connectivity index (χ0) is 15.2. The van der Waals surface area contributed by atoms with E-state index in [4.69, 9.17) is 16.3 Å². The summed E-state index contributed by atoms with van der Waals surface area (Å²) in [4.78, 5) is 22.1. The fourth-order valence-electron chi connectivity index (χ4n) is 2.34. The predicted molar refractivity (Wildman–Crippen MR) is 78.6 cm³/mol. The van der Waals surface area contributed by atoms with Crippen LogP contribution in [0.4, 0.5) is 5.69 Å². The number of non-ortho nitro benzene ring substituents is 1. The van der Waals surface area contributed by atoms with E-state index in [0.717, 1.165) is 12.8 Å². The summed E-state index contributed by atoms with van der Waals surface area (Å²) in [6.07, 6.45) is 4.83. The minimum atomic E-state index is -0.559. The van der Waals surface area contributed by atoms with Gasteiger partial charge in [-0.3, -0.25) is 14.9 Å². The highest BCUT2D eigenvalue weighted by Gasteiger charge is 2.17. The van der Waals surface area contributed by atoms with Gasteiger partial charge in [0.2, 0.25) is 0 Å². The summed E-state index contributed by atoms with van der Waals surface area (Å²) in [5, 5.41) is 13.6. The summed E-state index contributed by atoms with van der Waals surface area (Å²) in [5.74, 6) is -0.432. The molecule has 7 heteroatoms. The number of benzene rings is 1. The Hall–Kier alpha value is -1.66. The van der Waals surface area contributed by atoms with Gasteiger partial charge in [-0.05, 0) is 18.9 Å². The average Bonchev–Trinajstić information content (AvgIpc) is 2.96. The Bertz CT molecular complexity index is 530. The first kappa shape index (κ1) is 15.7. The molecule has 0 heterocycles. The van der Waals surface area contributed by atoms with E-state index in [9.17, 15) is 14.9 Å². The van der Waals surface area contributed by atoms with Gasteiger partial charge in [0, 0.05) is 18.7 Å². The Morgan fingerprint density at radius 2 is 2.14 bits per heavy atom. The molecule has 1 aliphatic rings. The Labute approximate surface area is 127 Å². The van der Waals surface area contributed by atoms with Gasteiger partial charge in [-0.2, -0.15) is 0 Å². The summed E-state index contributed by atoms with van der Waals surface area (Å²) in [5.41, 5.74) is -0.0570. The van der Waals surface area contributed by atoms with E-state index in [2.05, 4.69) is 5.32 Å². The number of amides is 1. The molecule has 1 aromatic rings. The standard InChI is InChI=1S/C14H17ClN2O4/c15-13-6-5-10(17(19)20)9-12(13)14(18)16-7-8-21-11-3-1-2-4-11/h5-6,9,11H,1-4,7-8H2,(H,16,18). The summed E-state index contributed by atoms with van der Waals surface area (Å²) in [6, 6.07) is 3.79. The summed E-state index contributed by atoms with van der Waals surface area (Å²) in [6.45, 7) is 0.789. The van der Waals surface area contributed by atoms with Crippen LogP contribution in [0.5, 0.6) is 0 Å². The highest BCUT2D eigenvalue weighted by atomic mass is 35.5. The number of nitrogens with one attached hydrogen (secondary N) is 1. The molecule has 0 aromatic heterocycles. The van der Waals surface area contributed by atoms with Gasteiger partial charge in [0.15, 0.2) is 0 Å². The van der Waals surface area contributed by atoms with Crippen LogP contribution >= 0.6 is 11.6 Å². The summed E-state index contributed by atoms with van der Waals surface area (Å²) < 4.78 is 5.63. The van der Waals surface area contributed by atoms with E-state index in [0.29, 0.717) is 19.3 Å². The number of halogens is 1. The molecule has 1 amide bonds. The summed E-state index contributed by atoms with van der Waals surface area (Å²) in [7, 11) is 0. The second kappa shape index (κ2) is 7.38. The molecule has 0 radical (unpaired) electrons. The smallest absolute Gasteiger partial charge is 0.270 e. The van der Waals surface area contributed by atoms with Crippen molar-refractivity contribution in [3.05, 3.63) is 38.9 Å². The van der Waals surface area contributed by atoms with Crippen LogP contribution in [-0.4, -0.2) is 30.1 Å². The number of nitro benzene ring substituents is 1. The molecule has 1 saturated carbocycles. The third-order valence-electron chi connectivity index (χ3n) is 3.45. The molecule has 0 bridgehead atoms. The Morgan fingerprint density at radius 3 is 2.81 bits per heavy atom.